The van der Waals surface area contributed by atoms with Gasteiger partial charge in [0.2, 0.25) is 0 Å². The number of rotatable bonds is 8. The van der Waals surface area contributed by atoms with Gasteiger partial charge in [-0.1, -0.05) is 12.8 Å². The lowest BCUT2D eigenvalue weighted by molar-refractivity contribution is 0.308. The molecule has 0 bridgehead atoms. The van der Waals surface area contributed by atoms with Crippen molar-refractivity contribution in [3.63, 3.8) is 0 Å². The van der Waals surface area contributed by atoms with Crippen molar-refractivity contribution in [1.82, 2.24) is 5.32 Å². The Labute approximate surface area is 130 Å². The summed E-state index contributed by atoms with van der Waals surface area (Å²) in [7, 11) is 1.68. The standard InChI is InChI=1S/C16H24BrNO2/c1-4-20-16-14(17)8-13(9-15(16)19-3)10-18-11(2)7-12-5-6-12/h8-9,11-12,18H,4-7,10H2,1-3H3. The van der Waals surface area contributed by atoms with Crippen LogP contribution in [0.15, 0.2) is 16.6 Å². The summed E-state index contributed by atoms with van der Waals surface area (Å²) >= 11 is 3.56. The number of benzene rings is 1. The van der Waals surface area contributed by atoms with Crippen molar-refractivity contribution in [1.29, 1.82) is 0 Å². The van der Waals surface area contributed by atoms with E-state index in [0.717, 1.165) is 28.4 Å². The molecule has 1 aliphatic rings. The molecular weight excluding hydrogens is 318 g/mol. The first-order valence-corrected chi connectivity index (χ1v) is 8.16. The number of halogens is 1. The van der Waals surface area contributed by atoms with Crippen LogP contribution in [0.5, 0.6) is 11.5 Å². The van der Waals surface area contributed by atoms with E-state index in [0.29, 0.717) is 12.6 Å². The van der Waals surface area contributed by atoms with Crippen LogP contribution in [0.3, 0.4) is 0 Å². The third-order valence-corrected chi connectivity index (χ3v) is 4.21. The molecule has 3 nitrogen and oxygen atoms in total. The normalized spacial score (nSPS) is 16.0. The van der Waals surface area contributed by atoms with Gasteiger partial charge < -0.3 is 14.8 Å². The molecule has 0 radical (unpaired) electrons. The minimum Gasteiger partial charge on any atom is -0.493 e. The number of methoxy groups -OCH3 is 1. The van der Waals surface area contributed by atoms with Gasteiger partial charge in [-0.15, -0.1) is 0 Å². The molecule has 1 fully saturated rings. The lowest BCUT2D eigenvalue weighted by Gasteiger charge is -2.16. The molecule has 4 heteroatoms. The second-order valence-electron chi connectivity index (χ2n) is 5.50. The van der Waals surface area contributed by atoms with Crippen LogP contribution in [0.2, 0.25) is 0 Å². The molecule has 1 N–H and O–H groups in total. The smallest absolute Gasteiger partial charge is 0.175 e. The minimum absolute atomic E-state index is 0.568. The monoisotopic (exact) mass is 341 g/mol. The maximum atomic E-state index is 5.61. The van der Waals surface area contributed by atoms with Crippen LogP contribution in [0.1, 0.15) is 38.7 Å². The molecule has 1 aliphatic carbocycles. The van der Waals surface area contributed by atoms with E-state index in [1.807, 2.05) is 13.0 Å². The van der Waals surface area contributed by atoms with Crippen molar-refractivity contribution < 1.29 is 9.47 Å². The summed E-state index contributed by atoms with van der Waals surface area (Å²) in [5.74, 6) is 2.52. The predicted octanol–water partition coefficient (Wildman–Crippen LogP) is 4.13. The number of ether oxygens (including phenoxy) is 2. The molecule has 0 aromatic heterocycles. The highest BCUT2D eigenvalue weighted by molar-refractivity contribution is 9.10. The summed E-state index contributed by atoms with van der Waals surface area (Å²) in [6, 6.07) is 4.72. The number of hydrogen-bond acceptors (Lipinski definition) is 3. The fraction of sp³-hybridized carbons (Fsp3) is 0.625. The fourth-order valence-electron chi connectivity index (χ4n) is 2.39. The maximum Gasteiger partial charge on any atom is 0.175 e. The Balaban J connectivity index is 1.98. The molecule has 0 spiro atoms. The Morgan fingerprint density at radius 2 is 2.15 bits per heavy atom. The molecule has 0 amide bonds. The van der Waals surface area contributed by atoms with Gasteiger partial charge in [0.1, 0.15) is 0 Å². The van der Waals surface area contributed by atoms with Crippen molar-refractivity contribution in [2.24, 2.45) is 5.92 Å². The third-order valence-electron chi connectivity index (χ3n) is 3.62. The van der Waals surface area contributed by atoms with Crippen molar-refractivity contribution >= 4 is 15.9 Å². The van der Waals surface area contributed by atoms with Gasteiger partial charge in [-0.2, -0.15) is 0 Å². The zero-order chi connectivity index (χ0) is 14.5. The van der Waals surface area contributed by atoms with Crippen molar-refractivity contribution in [2.75, 3.05) is 13.7 Å². The van der Waals surface area contributed by atoms with Gasteiger partial charge in [0.15, 0.2) is 11.5 Å². The molecule has 1 aromatic carbocycles. The molecule has 0 aliphatic heterocycles. The summed E-state index contributed by atoms with van der Waals surface area (Å²) in [5.41, 5.74) is 1.21. The van der Waals surface area contributed by atoms with Crippen LogP contribution in [-0.4, -0.2) is 19.8 Å². The molecule has 1 saturated carbocycles. The number of hydrogen-bond donors (Lipinski definition) is 1. The summed E-state index contributed by atoms with van der Waals surface area (Å²) < 4.78 is 12.0. The zero-order valence-electron chi connectivity index (χ0n) is 12.5. The lowest BCUT2D eigenvalue weighted by atomic mass is 10.1. The van der Waals surface area contributed by atoms with Gasteiger partial charge >= 0.3 is 0 Å². The summed E-state index contributed by atoms with van der Waals surface area (Å²) in [6.07, 6.45) is 4.11. The summed E-state index contributed by atoms with van der Waals surface area (Å²) in [6.45, 7) is 5.72. The van der Waals surface area contributed by atoms with Gasteiger partial charge in [0, 0.05) is 12.6 Å². The Morgan fingerprint density at radius 3 is 2.75 bits per heavy atom. The Hall–Kier alpha value is -0.740. The molecule has 1 atom stereocenters. The van der Waals surface area contributed by atoms with E-state index in [4.69, 9.17) is 9.47 Å². The third kappa shape index (κ3) is 4.38. The molecule has 2 rings (SSSR count). The Bertz CT molecular complexity index is 446. The summed E-state index contributed by atoms with van der Waals surface area (Å²) in [5, 5.41) is 3.58. The van der Waals surface area contributed by atoms with E-state index < -0.39 is 0 Å². The second-order valence-corrected chi connectivity index (χ2v) is 6.36. The van der Waals surface area contributed by atoms with Crippen LogP contribution in [-0.2, 0) is 6.54 Å². The van der Waals surface area contributed by atoms with Crippen LogP contribution in [0.4, 0.5) is 0 Å². The first-order valence-electron chi connectivity index (χ1n) is 7.36. The number of nitrogens with one attached hydrogen (secondary N) is 1. The first kappa shape index (κ1) is 15.6. The van der Waals surface area contributed by atoms with Crippen LogP contribution in [0, 0.1) is 5.92 Å². The average molecular weight is 342 g/mol. The molecule has 0 heterocycles. The van der Waals surface area contributed by atoms with Crippen molar-refractivity contribution in [2.45, 2.75) is 45.7 Å². The highest BCUT2D eigenvalue weighted by atomic mass is 79.9. The second kappa shape index (κ2) is 7.32. The molecule has 112 valence electrons. The van der Waals surface area contributed by atoms with Gasteiger partial charge in [-0.05, 0) is 59.8 Å². The first-order chi connectivity index (χ1) is 9.63. The van der Waals surface area contributed by atoms with E-state index >= 15 is 0 Å². The topological polar surface area (TPSA) is 30.5 Å². The van der Waals surface area contributed by atoms with E-state index in [1.54, 1.807) is 7.11 Å². The van der Waals surface area contributed by atoms with E-state index in [1.165, 1.54) is 24.8 Å². The van der Waals surface area contributed by atoms with Gasteiger partial charge in [-0.25, -0.2) is 0 Å². The quantitative estimate of drug-likeness (QED) is 0.770. The maximum absolute atomic E-state index is 5.61. The van der Waals surface area contributed by atoms with Crippen LogP contribution < -0.4 is 14.8 Å². The highest BCUT2D eigenvalue weighted by Crippen LogP contribution is 2.37. The van der Waals surface area contributed by atoms with Gasteiger partial charge in [0.25, 0.3) is 0 Å². The van der Waals surface area contributed by atoms with E-state index in [2.05, 4.69) is 34.2 Å². The van der Waals surface area contributed by atoms with Crippen molar-refractivity contribution in [3.8, 4) is 11.5 Å². The SMILES string of the molecule is CCOc1c(Br)cc(CNC(C)CC2CC2)cc1OC. The molecule has 1 aromatic rings. The Morgan fingerprint density at radius 1 is 1.40 bits per heavy atom. The zero-order valence-corrected chi connectivity index (χ0v) is 14.1. The van der Waals surface area contributed by atoms with Gasteiger partial charge in [0.05, 0.1) is 18.2 Å². The highest BCUT2D eigenvalue weighted by Gasteiger charge is 2.23. The van der Waals surface area contributed by atoms with Crippen LogP contribution >= 0.6 is 15.9 Å². The van der Waals surface area contributed by atoms with Crippen molar-refractivity contribution in [3.05, 3.63) is 22.2 Å². The fourth-order valence-corrected chi connectivity index (χ4v) is 2.99. The molecule has 0 saturated heterocycles. The van der Waals surface area contributed by atoms with E-state index in [-0.39, 0.29) is 0 Å². The van der Waals surface area contributed by atoms with Crippen LogP contribution in [0.25, 0.3) is 0 Å². The summed E-state index contributed by atoms with van der Waals surface area (Å²) in [4.78, 5) is 0. The van der Waals surface area contributed by atoms with Gasteiger partial charge in [-0.3, -0.25) is 0 Å². The molecule has 1 unspecified atom stereocenters. The molecule has 20 heavy (non-hydrogen) atoms. The average Bonchev–Trinajstić information content (AvgIpc) is 3.23. The lowest BCUT2D eigenvalue weighted by Crippen LogP contribution is -2.25. The minimum atomic E-state index is 0.568. The van der Waals surface area contributed by atoms with E-state index in [9.17, 15) is 0 Å². The molecular formula is C16H24BrNO2. The Kier molecular flexibility index (Phi) is 5.73. The largest absolute Gasteiger partial charge is 0.493 e. The predicted molar refractivity (Wildman–Crippen MR) is 85.5 cm³/mol.